The van der Waals surface area contributed by atoms with Crippen LogP contribution < -0.4 is 4.90 Å². The van der Waals surface area contributed by atoms with Crippen molar-refractivity contribution in [3.05, 3.63) is 65.0 Å². The van der Waals surface area contributed by atoms with Crippen LogP contribution in [-0.2, 0) is 6.18 Å². The van der Waals surface area contributed by atoms with E-state index in [1.54, 1.807) is 30.0 Å². The van der Waals surface area contributed by atoms with Crippen molar-refractivity contribution in [3.63, 3.8) is 0 Å². The van der Waals surface area contributed by atoms with Crippen molar-refractivity contribution in [2.75, 3.05) is 31.1 Å². The Morgan fingerprint density at radius 1 is 1.00 bits per heavy atom. The molecule has 1 amide bonds. The minimum atomic E-state index is -4.39. The average molecular weight is 366 g/mol. The highest BCUT2D eigenvalue weighted by Crippen LogP contribution is 2.32. The number of halogens is 4. The van der Waals surface area contributed by atoms with Crippen LogP contribution in [-0.4, -0.2) is 37.0 Å². The van der Waals surface area contributed by atoms with Crippen LogP contribution >= 0.6 is 0 Å². The minimum Gasteiger partial charge on any atom is -0.368 e. The molecule has 7 heteroatoms. The van der Waals surface area contributed by atoms with Crippen LogP contribution in [0.15, 0.2) is 42.5 Å². The first-order valence-corrected chi connectivity index (χ1v) is 8.23. The molecule has 0 aromatic heterocycles. The number of nitrogens with zero attached hydrogens (tertiary/aromatic N) is 2. The fraction of sp³-hybridized carbons (Fsp3) is 0.316. The zero-order valence-electron chi connectivity index (χ0n) is 14.2. The summed E-state index contributed by atoms with van der Waals surface area (Å²) in [5.41, 5.74) is 0.536. The SMILES string of the molecule is Cc1ccc(C(=O)N2CCN(c3cccc(C(F)(F)F)c3)CC2)cc1F. The second-order valence-corrected chi connectivity index (χ2v) is 6.29. The Morgan fingerprint density at radius 2 is 1.69 bits per heavy atom. The molecule has 0 unspecified atom stereocenters. The number of carbonyl (C=O) groups excluding carboxylic acids is 1. The molecule has 3 nitrogen and oxygen atoms in total. The highest BCUT2D eigenvalue weighted by molar-refractivity contribution is 5.94. The van der Waals surface area contributed by atoms with Gasteiger partial charge in [-0.05, 0) is 42.8 Å². The molecule has 138 valence electrons. The van der Waals surface area contributed by atoms with Crippen molar-refractivity contribution < 1.29 is 22.4 Å². The van der Waals surface area contributed by atoms with Gasteiger partial charge in [0.05, 0.1) is 5.56 Å². The van der Waals surface area contributed by atoms with Crippen LogP contribution in [0.3, 0.4) is 0 Å². The van der Waals surface area contributed by atoms with Gasteiger partial charge in [0.2, 0.25) is 0 Å². The Kier molecular flexibility index (Phi) is 4.89. The molecule has 0 bridgehead atoms. The zero-order chi connectivity index (χ0) is 18.9. The van der Waals surface area contributed by atoms with Crippen molar-refractivity contribution >= 4 is 11.6 Å². The highest BCUT2D eigenvalue weighted by atomic mass is 19.4. The van der Waals surface area contributed by atoms with Gasteiger partial charge in [-0.3, -0.25) is 4.79 Å². The topological polar surface area (TPSA) is 23.6 Å². The first-order valence-electron chi connectivity index (χ1n) is 8.23. The Balaban J connectivity index is 1.67. The number of aryl methyl sites for hydroxylation is 1. The first-order chi connectivity index (χ1) is 12.3. The van der Waals surface area contributed by atoms with E-state index >= 15 is 0 Å². The summed E-state index contributed by atoms with van der Waals surface area (Å²) in [6, 6.07) is 9.52. The highest BCUT2D eigenvalue weighted by Gasteiger charge is 2.31. The van der Waals surface area contributed by atoms with Crippen molar-refractivity contribution in [1.82, 2.24) is 4.90 Å². The van der Waals surface area contributed by atoms with E-state index in [0.29, 0.717) is 37.4 Å². The van der Waals surface area contributed by atoms with Gasteiger partial charge in [-0.15, -0.1) is 0 Å². The van der Waals surface area contributed by atoms with E-state index in [4.69, 9.17) is 0 Å². The molecule has 1 aliphatic rings. The molecule has 0 aliphatic carbocycles. The summed E-state index contributed by atoms with van der Waals surface area (Å²) in [4.78, 5) is 15.9. The van der Waals surface area contributed by atoms with E-state index in [9.17, 15) is 22.4 Å². The number of piperazine rings is 1. The number of alkyl halides is 3. The standard InChI is InChI=1S/C19H18F4N2O/c1-13-5-6-14(11-17(13)20)18(26)25-9-7-24(8-10-25)16-4-2-3-15(12-16)19(21,22)23/h2-6,11-12H,7-10H2,1H3. The number of anilines is 1. The molecule has 1 aliphatic heterocycles. The molecule has 0 atom stereocenters. The fourth-order valence-electron chi connectivity index (χ4n) is 2.96. The predicted octanol–water partition coefficient (Wildman–Crippen LogP) is 4.12. The van der Waals surface area contributed by atoms with Gasteiger partial charge in [0, 0.05) is 37.4 Å². The third-order valence-corrected chi connectivity index (χ3v) is 4.52. The third-order valence-electron chi connectivity index (χ3n) is 4.52. The van der Waals surface area contributed by atoms with E-state index in [2.05, 4.69) is 0 Å². The molecular weight excluding hydrogens is 348 g/mol. The largest absolute Gasteiger partial charge is 0.416 e. The number of hydrogen-bond donors (Lipinski definition) is 0. The molecule has 0 saturated carbocycles. The van der Waals surface area contributed by atoms with Crippen LogP contribution in [0.4, 0.5) is 23.2 Å². The van der Waals surface area contributed by atoms with Crippen LogP contribution in [0.25, 0.3) is 0 Å². The van der Waals surface area contributed by atoms with Gasteiger partial charge in [0.15, 0.2) is 0 Å². The van der Waals surface area contributed by atoms with Gasteiger partial charge in [-0.25, -0.2) is 4.39 Å². The Hall–Kier alpha value is -2.57. The van der Waals surface area contributed by atoms with Gasteiger partial charge in [-0.2, -0.15) is 13.2 Å². The molecule has 2 aromatic carbocycles. The molecule has 1 heterocycles. The van der Waals surface area contributed by atoms with Gasteiger partial charge < -0.3 is 9.80 Å². The number of hydrogen-bond acceptors (Lipinski definition) is 2. The molecule has 3 rings (SSSR count). The van der Waals surface area contributed by atoms with E-state index in [1.807, 2.05) is 4.90 Å². The maximum Gasteiger partial charge on any atom is 0.416 e. The molecule has 26 heavy (non-hydrogen) atoms. The maximum absolute atomic E-state index is 13.7. The lowest BCUT2D eigenvalue weighted by molar-refractivity contribution is -0.137. The van der Waals surface area contributed by atoms with Crippen molar-refractivity contribution in [2.45, 2.75) is 13.1 Å². The normalized spacial score (nSPS) is 15.3. The lowest BCUT2D eigenvalue weighted by atomic mass is 10.1. The van der Waals surface area contributed by atoms with Gasteiger partial charge in [0.25, 0.3) is 5.91 Å². The number of benzene rings is 2. The smallest absolute Gasteiger partial charge is 0.368 e. The maximum atomic E-state index is 13.7. The summed E-state index contributed by atoms with van der Waals surface area (Å²) in [6.07, 6.45) is -4.39. The Morgan fingerprint density at radius 3 is 2.31 bits per heavy atom. The van der Waals surface area contributed by atoms with Crippen molar-refractivity contribution in [1.29, 1.82) is 0 Å². The lowest BCUT2D eigenvalue weighted by Gasteiger charge is -2.36. The Labute approximate surface area is 148 Å². The molecular formula is C19H18F4N2O. The number of amides is 1. The average Bonchev–Trinajstić information content (AvgIpc) is 2.63. The molecule has 2 aromatic rings. The van der Waals surface area contributed by atoms with Gasteiger partial charge in [0.1, 0.15) is 5.82 Å². The van der Waals surface area contributed by atoms with Crippen molar-refractivity contribution in [2.24, 2.45) is 0 Å². The molecule has 0 radical (unpaired) electrons. The number of rotatable bonds is 2. The van der Waals surface area contributed by atoms with Crippen molar-refractivity contribution in [3.8, 4) is 0 Å². The fourth-order valence-corrected chi connectivity index (χ4v) is 2.96. The third kappa shape index (κ3) is 3.81. The second-order valence-electron chi connectivity index (χ2n) is 6.29. The van der Waals surface area contributed by atoms with Gasteiger partial charge >= 0.3 is 6.18 Å². The molecule has 0 N–H and O–H groups in total. The molecule has 1 saturated heterocycles. The molecule has 1 fully saturated rings. The summed E-state index contributed by atoms with van der Waals surface area (Å²) in [6.45, 7) is 3.19. The molecule has 0 spiro atoms. The van der Waals surface area contributed by atoms with E-state index < -0.39 is 17.6 Å². The van der Waals surface area contributed by atoms with Crippen LogP contribution in [0.5, 0.6) is 0 Å². The van der Waals surface area contributed by atoms with E-state index in [-0.39, 0.29) is 11.5 Å². The van der Waals surface area contributed by atoms with Gasteiger partial charge in [-0.1, -0.05) is 12.1 Å². The lowest BCUT2D eigenvalue weighted by Crippen LogP contribution is -2.48. The minimum absolute atomic E-state index is 0.271. The zero-order valence-corrected chi connectivity index (χ0v) is 14.2. The van der Waals surface area contributed by atoms with E-state index in [0.717, 1.165) is 12.1 Å². The summed E-state index contributed by atoms with van der Waals surface area (Å²) in [5, 5.41) is 0. The second kappa shape index (κ2) is 6.97. The summed E-state index contributed by atoms with van der Waals surface area (Å²) < 4.78 is 52.2. The van der Waals surface area contributed by atoms with E-state index in [1.165, 1.54) is 12.1 Å². The summed E-state index contributed by atoms with van der Waals surface area (Å²) in [7, 11) is 0. The quantitative estimate of drug-likeness (QED) is 0.747. The predicted molar refractivity (Wildman–Crippen MR) is 90.7 cm³/mol. The van der Waals surface area contributed by atoms with Crippen LogP contribution in [0.1, 0.15) is 21.5 Å². The number of carbonyl (C=O) groups is 1. The monoisotopic (exact) mass is 366 g/mol. The van der Waals surface area contributed by atoms with Crippen LogP contribution in [0.2, 0.25) is 0 Å². The summed E-state index contributed by atoms with van der Waals surface area (Å²) in [5.74, 6) is -0.703. The van der Waals surface area contributed by atoms with Crippen LogP contribution in [0, 0.1) is 12.7 Å². The Bertz CT molecular complexity index is 811. The summed E-state index contributed by atoms with van der Waals surface area (Å²) >= 11 is 0. The first kappa shape index (κ1) is 18.2.